The molecule has 0 saturated heterocycles. The Labute approximate surface area is 92.8 Å². The zero-order chi connectivity index (χ0) is 12.7. The van der Waals surface area contributed by atoms with E-state index in [-0.39, 0.29) is 17.4 Å². The standard InChI is InChI=1S/C2H3N.5CO.Cr/c1-3-2;5*1-2;/h1H3;;;;;;. The van der Waals surface area contributed by atoms with E-state index < -0.39 is 0 Å². The van der Waals surface area contributed by atoms with Crippen LogP contribution < -0.4 is 0 Å². The molecule has 0 aromatic heterocycles. The second-order valence-corrected chi connectivity index (χ2v) is 0.224. The Balaban J connectivity index is -0.00000000838. The van der Waals surface area contributed by atoms with E-state index in [0.29, 0.717) is 0 Å². The van der Waals surface area contributed by atoms with E-state index in [1.807, 2.05) is 0 Å². The Kier molecular flexibility index (Phi) is 66700. The molecule has 0 amide bonds. The molecule has 0 rings (SSSR count). The molecule has 6 nitrogen and oxygen atoms in total. The molecule has 0 N–H and O–H groups in total. The zero-order valence-corrected chi connectivity index (χ0v) is 8.17. The number of rotatable bonds is 0. The summed E-state index contributed by atoms with van der Waals surface area (Å²) in [5.41, 5.74) is 0. The predicted octanol–water partition coefficient (Wildman–Crippen LogP) is 0.345. The van der Waals surface area contributed by atoms with Crippen molar-refractivity contribution < 1.29 is 40.6 Å². The summed E-state index contributed by atoms with van der Waals surface area (Å²) in [5.74, 6) is 0. The smallest absolute Gasteiger partial charge is 0 e. The molecule has 0 aliphatic carbocycles. The maximum Gasteiger partial charge on any atom is 0 e. The molecule has 0 fully saturated rings. The maximum absolute atomic E-state index is 7.50. The van der Waals surface area contributed by atoms with E-state index in [9.17, 15) is 0 Å². The zero-order valence-electron chi connectivity index (χ0n) is 6.90. The molecule has 0 heterocycles. The van der Waals surface area contributed by atoms with Gasteiger partial charge in [0.1, 0.15) is 0 Å². The van der Waals surface area contributed by atoms with Crippen LogP contribution in [0, 0.1) is 39.8 Å². The third kappa shape index (κ3) is 621. The topological polar surface area (TPSA) is 104 Å². The SMILES string of the molecule is [C-]#[N+]C.[C-]#[O+].[C-]#[O+].[C-]#[O+].[C-]#[O+].[C-]#[O+].[Cr]. The Morgan fingerprint density at radius 3 is 0.643 bits per heavy atom. The summed E-state index contributed by atoms with van der Waals surface area (Å²) in [4.78, 5) is 2.75. The Morgan fingerprint density at radius 1 is 0.643 bits per heavy atom. The molecular formula is C7H3CrNO5. The molecule has 0 aromatic rings. The average Bonchev–Trinajstić information content (AvgIpc) is 2.32. The van der Waals surface area contributed by atoms with Gasteiger partial charge >= 0.3 is 56.5 Å². The summed E-state index contributed by atoms with van der Waals surface area (Å²) in [5, 5.41) is 0. The molecule has 7 heteroatoms. The predicted molar refractivity (Wildman–Crippen MR) is 32.2 cm³/mol. The first-order chi connectivity index (χ1) is 6.41. The van der Waals surface area contributed by atoms with Gasteiger partial charge in [0.25, 0.3) is 0 Å². The van der Waals surface area contributed by atoms with Gasteiger partial charge in [0.05, 0.1) is 0 Å². The van der Waals surface area contributed by atoms with Crippen LogP contribution in [0.3, 0.4) is 0 Å². The van der Waals surface area contributed by atoms with Gasteiger partial charge in [-0.25, -0.2) is 6.57 Å². The van der Waals surface area contributed by atoms with E-state index >= 15 is 0 Å². The minimum absolute atomic E-state index is 0. The van der Waals surface area contributed by atoms with Gasteiger partial charge in [0.2, 0.25) is 7.05 Å². The quantitative estimate of drug-likeness (QED) is 0.425. The van der Waals surface area contributed by atoms with E-state index in [2.05, 4.69) is 38.1 Å². The van der Waals surface area contributed by atoms with Gasteiger partial charge in [-0.3, -0.25) is 0 Å². The largest absolute Gasteiger partial charge is 0 e. The Bertz CT molecular complexity index is 138. The molecule has 14 heavy (non-hydrogen) atoms. The first-order valence-electron chi connectivity index (χ1n) is 1.69. The van der Waals surface area contributed by atoms with Crippen molar-refractivity contribution in [3.05, 3.63) is 44.7 Å². The van der Waals surface area contributed by atoms with Gasteiger partial charge in [-0.2, -0.15) is 0 Å². The summed E-state index contributed by atoms with van der Waals surface area (Å²) in [6, 6.07) is 0. The van der Waals surface area contributed by atoms with E-state index in [1.54, 1.807) is 0 Å². The minimum atomic E-state index is 0. The molecule has 0 spiro atoms. The van der Waals surface area contributed by atoms with E-state index in [4.69, 9.17) is 29.8 Å². The summed E-state index contributed by atoms with van der Waals surface area (Å²) in [6.07, 6.45) is 0. The number of hydrogen-bond donors (Lipinski definition) is 0. The van der Waals surface area contributed by atoms with Gasteiger partial charge in [0, 0.05) is 17.4 Å². The maximum atomic E-state index is 7.50. The van der Waals surface area contributed by atoms with Crippen LogP contribution in [-0.2, 0) is 40.6 Å². The molecular weight excluding hydrogens is 230 g/mol. The fourth-order valence-electron chi connectivity index (χ4n) is 0. The van der Waals surface area contributed by atoms with Crippen LogP contribution in [0.15, 0.2) is 0 Å². The third-order valence-electron chi connectivity index (χ3n) is 0. The average molecular weight is 233 g/mol. The van der Waals surface area contributed by atoms with Gasteiger partial charge in [-0.15, -0.1) is 0 Å². The molecule has 72 valence electrons. The molecule has 0 aliphatic rings. The van der Waals surface area contributed by atoms with Gasteiger partial charge in [0.15, 0.2) is 0 Å². The molecule has 0 aromatic carbocycles. The fourth-order valence-corrected chi connectivity index (χ4v) is 0. The van der Waals surface area contributed by atoms with Crippen molar-refractivity contribution in [2.24, 2.45) is 0 Å². The first kappa shape index (κ1) is 53.4. The first-order valence-corrected chi connectivity index (χ1v) is 1.69. The second-order valence-electron chi connectivity index (χ2n) is 0.224. The molecule has 0 radical (unpaired) electrons. The summed E-state index contributed by atoms with van der Waals surface area (Å²) < 4.78 is 37.5. The molecule has 0 atom stereocenters. The Morgan fingerprint density at radius 2 is 0.643 bits per heavy atom. The van der Waals surface area contributed by atoms with Crippen LogP contribution in [0.5, 0.6) is 0 Å². The summed E-state index contributed by atoms with van der Waals surface area (Å²) >= 11 is 0. The van der Waals surface area contributed by atoms with Crippen molar-refractivity contribution in [2.45, 2.75) is 0 Å². The monoisotopic (exact) mass is 233 g/mol. The normalized spacial score (nSPS) is 1.29. The van der Waals surface area contributed by atoms with Crippen LogP contribution in [0.1, 0.15) is 0 Å². The van der Waals surface area contributed by atoms with E-state index in [1.165, 1.54) is 7.05 Å². The Hall–Kier alpha value is -1.28. The number of nitrogens with zero attached hydrogens (tertiary/aromatic N) is 1. The molecule has 0 aliphatic heterocycles. The van der Waals surface area contributed by atoms with Crippen molar-refractivity contribution in [3.8, 4) is 0 Å². The van der Waals surface area contributed by atoms with Gasteiger partial charge in [-0.05, 0) is 0 Å². The van der Waals surface area contributed by atoms with Gasteiger partial charge in [-0.1, -0.05) is 0 Å². The van der Waals surface area contributed by atoms with Crippen LogP contribution >= 0.6 is 0 Å². The number of hydrogen-bond acceptors (Lipinski definition) is 0. The van der Waals surface area contributed by atoms with Crippen LogP contribution in [0.2, 0.25) is 0 Å². The van der Waals surface area contributed by atoms with Crippen molar-refractivity contribution in [1.82, 2.24) is 0 Å². The van der Waals surface area contributed by atoms with Gasteiger partial charge < -0.3 is 4.85 Å². The fraction of sp³-hybridized carbons (Fsp3) is 0.143. The molecule has 0 saturated carbocycles. The van der Waals surface area contributed by atoms with Crippen molar-refractivity contribution in [1.29, 1.82) is 0 Å². The van der Waals surface area contributed by atoms with Crippen LogP contribution in [0.4, 0.5) is 0 Å². The second kappa shape index (κ2) is 17500. The third-order valence-corrected chi connectivity index (χ3v) is 0. The minimum Gasteiger partial charge on any atom is 0 e. The molecule has 0 bridgehead atoms. The molecule has 0 unspecified atom stereocenters. The summed E-state index contributed by atoms with van der Waals surface area (Å²) in [6.45, 7) is 28.3. The van der Waals surface area contributed by atoms with Crippen molar-refractivity contribution in [2.75, 3.05) is 7.05 Å². The van der Waals surface area contributed by atoms with E-state index in [0.717, 1.165) is 0 Å². The van der Waals surface area contributed by atoms with Crippen molar-refractivity contribution >= 4 is 0 Å². The summed E-state index contributed by atoms with van der Waals surface area (Å²) in [7, 11) is 1.42. The van der Waals surface area contributed by atoms with Crippen LogP contribution in [-0.4, -0.2) is 7.05 Å². The van der Waals surface area contributed by atoms with Crippen molar-refractivity contribution in [3.63, 3.8) is 0 Å². The van der Waals surface area contributed by atoms with Crippen LogP contribution in [0.25, 0.3) is 4.85 Å².